The molecule has 2 fully saturated rings. The average molecular weight is 409 g/mol. The highest BCUT2D eigenvalue weighted by atomic mass is 16.2. The van der Waals surface area contributed by atoms with Crippen molar-refractivity contribution < 1.29 is 9.59 Å². The van der Waals surface area contributed by atoms with Gasteiger partial charge in [0.15, 0.2) is 11.5 Å². The van der Waals surface area contributed by atoms with E-state index in [1.165, 1.54) is 0 Å². The molecule has 1 aliphatic heterocycles. The van der Waals surface area contributed by atoms with E-state index in [-0.39, 0.29) is 23.7 Å². The van der Waals surface area contributed by atoms with Crippen molar-refractivity contribution in [3.05, 3.63) is 47.4 Å². The summed E-state index contributed by atoms with van der Waals surface area (Å²) in [6.45, 7) is 3.57. The van der Waals surface area contributed by atoms with Crippen molar-refractivity contribution in [2.24, 2.45) is 5.73 Å². The molecule has 4 rings (SSSR count). The molecule has 8 heteroatoms. The van der Waals surface area contributed by atoms with Crippen LogP contribution >= 0.6 is 0 Å². The minimum Gasteiger partial charge on any atom is -0.364 e. The van der Waals surface area contributed by atoms with E-state index in [4.69, 9.17) is 10.7 Å². The molecule has 1 saturated carbocycles. The van der Waals surface area contributed by atoms with Gasteiger partial charge in [0.2, 0.25) is 0 Å². The van der Waals surface area contributed by atoms with Gasteiger partial charge in [-0.3, -0.25) is 4.79 Å². The smallest absolute Gasteiger partial charge is 0.320 e. The number of benzene rings is 1. The molecule has 0 bridgehead atoms. The van der Waals surface area contributed by atoms with E-state index in [0.29, 0.717) is 5.82 Å². The van der Waals surface area contributed by atoms with E-state index in [0.717, 1.165) is 55.7 Å². The lowest BCUT2D eigenvalue weighted by molar-refractivity contribution is 0.0996. The first-order valence-electron chi connectivity index (χ1n) is 10.4. The number of likely N-dealkylation sites (N-methyl/N-ethyl adjacent to an activating group) is 1. The maximum atomic E-state index is 12.4. The summed E-state index contributed by atoms with van der Waals surface area (Å²) >= 11 is 0. The van der Waals surface area contributed by atoms with Crippen molar-refractivity contribution in [1.82, 2.24) is 19.8 Å². The highest BCUT2D eigenvalue weighted by molar-refractivity contribution is 5.96. The van der Waals surface area contributed by atoms with Crippen molar-refractivity contribution in [2.75, 3.05) is 25.5 Å². The number of carbonyl (C=O) groups is 2. The number of nitrogens with zero attached hydrogens (tertiary/aromatic N) is 4. The first-order valence-corrected chi connectivity index (χ1v) is 10.4. The lowest BCUT2D eigenvalue weighted by Crippen LogP contribution is -2.41. The Balaban J connectivity index is 1.57. The number of amides is 3. The topological polar surface area (TPSA) is 104 Å². The van der Waals surface area contributed by atoms with Crippen LogP contribution in [0, 0.1) is 6.92 Å². The summed E-state index contributed by atoms with van der Waals surface area (Å²) < 4.78 is 0. The molecule has 1 aliphatic carbocycles. The number of nitrogens with two attached hydrogens (primary N) is 1. The fourth-order valence-corrected chi connectivity index (χ4v) is 4.36. The minimum absolute atomic E-state index is 0.109. The number of urea groups is 1. The first kappa shape index (κ1) is 20.1. The number of anilines is 2. The van der Waals surface area contributed by atoms with E-state index < -0.39 is 5.91 Å². The lowest BCUT2D eigenvalue weighted by atomic mass is 9.83. The van der Waals surface area contributed by atoms with E-state index in [9.17, 15) is 9.59 Å². The van der Waals surface area contributed by atoms with Crippen LogP contribution in [0.25, 0.3) is 0 Å². The third-order valence-corrected chi connectivity index (χ3v) is 6.09. The average Bonchev–Trinajstić information content (AvgIpc) is 3.08. The third-order valence-electron chi connectivity index (χ3n) is 6.09. The second kappa shape index (κ2) is 8.30. The predicted molar refractivity (Wildman–Crippen MR) is 115 cm³/mol. The zero-order chi connectivity index (χ0) is 21.3. The molecule has 0 spiro atoms. The fourth-order valence-electron chi connectivity index (χ4n) is 4.36. The van der Waals surface area contributed by atoms with Crippen LogP contribution in [0.4, 0.5) is 16.3 Å². The van der Waals surface area contributed by atoms with Gasteiger partial charge in [-0.05, 0) is 38.3 Å². The van der Waals surface area contributed by atoms with Gasteiger partial charge in [0.25, 0.3) is 5.91 Å². The molecule has 1 unspecified atom stereocenters. The number of hydrogen-bond acceptors (Lipinski definition) is 5. The number of rotatable bonds is 5. The van der Waals surface area contributed by atoms with Crippen LogP contribution < -0.4 is 11.1 Å². The Kier molecular flexibility index (Phi) is 5.57. The molecule has 1 aromatic heterocycles. The van der Waals surface area contributed by atoms with Gasteiger partial charge in [0, 0.05) is 44.0 Å². The molecule has 2 atom stereocenters. The summed E-state index contributed by atoms with van der Waals surface area (Å²) in [5, 5.41) is 3.19. The minimum atomic E-state index is -0.615. The molecule has 2 heterocycles. The van der Waals surface area contributed by atoms with E-state index in [2.05, 4.69) is 10.3 Å². The molecule has 3 amide bonds. The van der Waals surface area contributed by atoms with Crippen LogP contribution in [-0.2, 0) is 0 Å². The SMILES string of the molecule is Cc1ccc(Nc2nc(C3CCC[C@@H](N4CCN(C)C4=O)C3)cnc2C(N)=O)cc1. The molecule has 158 valence electrons. The summed E-state index contributed by atoms with van der Waals surface area (Å²) in [6, 6.07) is 8.16. The Hall–Kier alpha value is -3.16. The third kappa shape index (κ3) is 4.08. The van der Waals surface area contributed by atoms with Gasteiger partial charge in [-0.15, -0.1) is 0 Å². The van der Waals surface area contributed by atoms with Crippen molar-refractivity contribution in [2.45, 2.75) is 44.6 Å². The molecule has 2 aromatic rings. The second-order valence-corrected chi connectivity index (χ2v) is 8.26. The Morgan fingerprint density at radius 1 is 1.20 bits per heavy atom. The normalized spacial score (nSPS) is 21.7. The van der Waals surface area contributed by atoms with Gasteiger partial charge in [-0.1, -0.05) is 24.1 Å². The van der Waals surface area contributed by atoms with Crippen LogP contribution in [0.15, 0.2) is 30.5 Å². The van der Waals surface area contributed by atoms with Gasteiger partial charge in [0.1, 0.15) is 0 Å². The van der Waals surface area contributed by atoms with Crippen molar-refractivity contribution in [1.29, 1.82) is 0 Å². The zero-order valence-electron chi connectivity index (χ0n) is 17.5. The summed E-state index contributed by atoms with van der Waals surface area (Å²) in [5.41, 5.74) is 8.45. The highest BCUT2D eigenvalue weighted by Gasteiger charge is 2.35. The number of carbonyl (C=O) groups excluding carboxylic acids is 2. The van der Waals surface area contributed by atoms with Crippen molar-refractivity contribution in [3.63, 3.8) is 0 Å². The Morgan fingerprint density at radius 2 is 1.97 bits per heavy atom. The maximum Gasteiger partial charge on any atom is 0.320 e. The molecular formula is C22H28N6O2. The largest absolute Gasteiger partial charge is 0.364 e. The molecular weight excluding hydrogens is 380 g/mol. The quantitative estimate of drug-likeness (QED) is 0.791. The molecule has 30 heavy (non-hydrogen) atoms. The van der Waals surface area contributed by atoms with Crippen LogP contribution in [0.3, 0.4) is 0 Å². The number of aromatic nitrogens is 2. The molecule has 1 saturated heterocycles. The summed E-state index contributed by atoms with van der Waals surface area (Å²) in [4.78, 5) is 37.1. The van der Waals surface area contributed by atoms with Gasteiger partial charge in [-0.2, -0.15) is 0 Å². The molecule has 1 aromatic carbocycles. The second-order valence-electron chi connectivity index (χ2n) is 8.26. The van der Waals surface area contributed by atoms with Crippen LogP contribution in [0.5, 0.6) is 0 Å². The molecule has 2 aliphatic rings. The predicted octanol–water partition coefficient (Wildman–Crippen LogP) is 3.02. The number of aryl methyl sites for hydroxylation is 1. The maximum absolute atomic E-state index is 12.4. The lowest BCUT2D eigenvalue weighted by Gasteiger charge is -2.34. The van der Waals surface area contributed by atoms with E-state index in [1.54, 1.807) is 11.1 Å². The van der Waals surface area contributed by atoms with Crippen LogP contribution in [0.1, 0.15) is 53.3 Å². The molecule has 8 nitrogen and oxygen atoms in total. The van der Waals surface area contributed by atoms with Crippen molar-refractivity contribution >= 4 is 23.4 Å². The standard InChI is InChI=1S/C22H28N6O2/c1-14-6-8-16(9-7-14)25-21-19(20(23)29)24-13-18(26-21)15-4-3-5-17(12-15)28-11-10-27(2)22(28)30/h6-9,13,15,17H,3-5,10-12H2,1-2H3,(H2,23,29)(H,25,26)/t15?,17-/m1/s1. The van der Waals surface area contributed by atoms with Crippen LogP contribution in [-0.4, -0.2) is 57.9 Å². The number of nitrogens with one attached hydrogen (secondary N) is 1. The van der Waals surface area contributed by atoms with Gasteiger partial charge >= 0.3 is 6.03 Å². The Morgan fingerprint density at radius 3 is 2.63 bits per heavy atom. The summed E-state index contributed by atoms with van der Waals surface area (Å²) in [6.07, 6.45) is 5.54. The molecule has 3 N–H and O–H groups in total. The number of hydrogen-bond donors (Lipinski definition) is 2. The van der Waals surface area contributed by atoms with Gasteiger partial charge < -0.3 is 20.9 Å². The Bertz CT molecular complexity index is 945. The molecule has 0 radical (unpaired) electrons. The zero-order valence-corrected chi connectivity index (χ0v) is 17.5. The van der Waals surface area contributed by atoms with Gasteiger partial charge in [0.05, 0.1) is 5.69 Å². The monoisotopic (exact) mass is 408 g/mol. The summed E-state index contributed by atoms with van der Waals surface area (Å²) in [5.74, 6) is -0.0470. The van der Waals surface area contributed by atoms with Crippen molar-refractivity contribution in [3.8, 4) is 0 Å². The number of primary amides is 1. The Labute approximate surface area is 176 Å². The van der Waals surface area contributed by atoms with E-state index in [1.807, 2.05) is 43.1 Å². The highest BCUT2D eigenvalue weighted by Crippen LogP contribution is 2.36. The van der Waals surface area contributed by atoms with E-state index >= 15 is 0 Å². The summed E-state index contributed by atoms with van der Waals surface area (Å²) in [7, 11) is 1.85. The van der Waals surface area contributed by atoms with Gasteiger partial charge in [-0.25, -0.2) is 14.8 Å². The van der Waals surface area contributed by atoms with Crippen LogP contribution in [0.2, 0.25) is 0 Å². The fraction of sp³-hybridized carbons (Fsp3) is 0.455. The first-order chi connectivity index (χ1) is 14.4.